The first-order valence-electron chi connectivity index (χ1n) is 4.10. The van der Waals surface area contributed by atoms with Gasteiger partial charge in [-0.15, -0.1) is 11.6 Å². The minimum absolute atomic E-state index is 0.456. The second-order valence-electron chi connectivity index (χ2n) is 2.87. The predicted molar refractivity (Wildman–Crippen MR) is 54.9 cm³/mol. The summed E-state index contributed by atoms with van der Waals surface area (Å²) in [5.74, 6) is 1.06. The molecule has 0 fully saturated rings. The molecule has 0 bridgehead atoms. The molecule has 4 heteroatoms. The van der Waals surface area contributed by atoms with Crippen LogP contribution >= 0.6 is 11.6 Å². The predicted octanol–water partition coefficient (Wildman–Crippen LogP) is 1.93. The van der Waals surface area contributed by atoms with Gasteiger partial charge in [-0.2, -0.15) is 0 Å². The molecule has 1 aromatic heterocycles. The Morgan fingerprint density at radius 2 is 2.31 bits per heavy atom. The molecule has 1 aromatic carbocycles. The van der Waals surface area contributed by atoms with Crippen molar-refractivity contribution >= 4 is 28.6 Å². The van der Waals surface area contributed by atoms with E-state index in [-0.39, 0.29) is 0 Å². The zero-order valence-electron chi connectivity index (χ0n) is 7.05. The first-order valence-corrected chi connectivity index (χ1v) is 4.64. The Morgan fingerprint density at radius 3 is 3.08 bits per heavy atom. The van der Waals surface area contributed by atoms with Crippen molar-refractivity contribution in [3.63, 3.8) is 0 Å². The average Bonchev–Trinajstić information content (AvgIpc) is 2.47. The number of alkyl halides is 1. The minimum Gasteiger partial charge on any atom is -0.369 e. The van der Waals surface area contributed by atoms with Crippen LogP contribution in [0.15, 0.2) is 18.2 Å². The number of nitrogens with one attached hydrogen (secondary N) is 1. The van der Waals surface area contributed by atoms with Crippen molar-refractivity contribution in [2.45, 2.75) is 6.42 Å². The molecule has 3 nitrogen and oxygen atoms in total. The number of para-hydroxylation sites is 1. The fourth-order valence-corrected chi connectivity index (χ4v) is 1.62. The molecule has 3 N–H and O–H groups in total. The van der Waals surface area contributed by atoms with E-state index in [2.05, 4.69) is 9.97 Å². The van der Waals surface area contributed by atoms with E-state index in [1.165, 1.54) is 0 Å². The van der Waals surface area contributed by atoms with Crippen LogP contribution in [-0.4, -0.2) is 15.8 Å². The number of nitrogens with two attached hydrogens (primary N) is 1. The highest BCUT2D eigenvalue weighted by molar-refractivity contribution is 6.18. The van der Waals surface area contributed by atoms with Crippen molar-refractivity contribution < 1.29 is 0 Å². The number of H-pyrrole nitrogens is 1. The number of nitrogen functional groups attached to an aromatic ring is 1. The van der Waals surface area contributed by atoms with Crippen LogP contribution in [0.5, 0.6) is 0 Å². The third-order valence-corrected chi connectivity index (χ3v) is 2.17. The van der Waals surface area contributed by atoms with Gasteiger partial charge in [0.15, 0.2) is 5.95 Å². The third kappa shape index (κ3) is 1.47. The lowest BCUT2D eigenvalue weighted by Gasteiger charge is -1.97. The largest absolute Gasteiger partial charge is 0.369 e. The highest BCUT2D eigenvalue weighted by Gasteiger charge is 2.03. The topological polar surface area (TPSA) is 54.7 Å². The minimum atomic E-state index is 0.456. The Hall–Kier alpha value is -1.22. The molecule has 2 rings (SSSR count). The average molecular weight is 196 g/mol. The first kappa shape index (κ1) is 8.38. The van der Waals surface area contributed by atoms with Gasteiger partial charge in [-0.25, -0.2) is 4.98 Å². The molecule has 0 saturated heterocycles. The number of aromatic nitrogens is 2. The number of fused-ring (bicyclic) bond motifs is 1. The summed E-state index contributed by atoms with van der Waals surface area (Å²) in [6, 6.07) is 5.95. The van der Waals surface area contributed by atoms with Gasteiger partial charge in [0.05, 0.1) is 11.0 Å². The normalized spacial score (nSPS) is 10.8. The highest BCUT2D eigenvalue weighted by atomic mass is 35.5. The van der Waals surface area contributed by atoms with E-state index in [0.717, 1.165) is 23.0 Å². The van der Waals surface area contributed by atoms with E-state index >= 15 is 0 Å². The number of halogens is 1. The molecule has 0 aliphatic carbocycles. The number of aryl methyl sites for hydroxylation is 1. The number of rotatable bonds is 2. The van der Waals surface area contributed by atoms with Gasteiger partial charge in [0.1, 0.15) is 0 Å². The van der Waals surface area contributed by atoms with Crippen LogP contribution < -0.4 is 5.73 Å². The van der Waals surface area contributed by atoms with Crippen molar-refractivity contribution in [2.75, 3.05) is 11.6 Å². The Labute approximate surface area is 80.9 Å². The number of hydrogen-bond donors (Lipinski definition) is 2. The number of nitrogens with zero attached hydrogens (tertiary/aromatic N) is 1. The Kier molecular flexibility index (Phi) is 2.10. The van der Waals surface area contributed by atoms with Gasteiger partial charge in [-0.1, -0.05) is 12.1 Å². The highest BCUT2D eigenvalue weighted by Crippen LogP contribution is 2.17. The van der Waals surface area contributed by atoms with Gasteiger partial charge < -0.3 is 10.7 Å². The fourth-order valence-electron chi connectivity index (χ4n) is 1.41. The molecular weight excluding hydrogens is 186 g/mol. The van der Waals surface area contributed by atoms with E-state index in [4.69, 9.17) is 17.3 Å². The summed E-state index contributed by atoms with van der Waals surface area (Å²) >= 11 is 5.67. The van der Waals surface area contributed by atoms with Crippen LogP contribution in [0, 0.1) is 0 Å². The second kappa shape index (κ2) is 3.26. The van der Waals surface area contributed by atoms with Gasteiger partial charge >= 0.3 is 0 Å². The van der Waals surface area contributed by atoms with Crippen molar-refractivity contribution in [3.8, 4) is 0 Å². The van der Waals surface area contributed by atoms with E-state index in [0.29, 0.717) is 11.8 Å². The van der Waals surface area contributed by atoms with Gasteiger partial charge in [-0.05, 0) is 18.1 Å². The second-order valence-corrected chi connectivity index (χ2v) is 3.25. The number of aromatic amines is 1. The molecule has 0 saturated carbocycles. The van der Waals surface area contributed by atoms with Gasteiger partial charge in [-0.3, -0.25) is 0 Å². The van der Waals surface area contributed by atoms with Crippen LogP contribution in [0.4, 0.5) is 5.95 Å². The summed E-state index contributed by atoms with van der Waals surface area (Å²) in [6.07, 6.45) is 0.823. The zero-order valence-corrected chi connectivity index (χ0v) is 7.80. The SMILES string of the molecule is Nc1nc2c(CCCl)cccc2[nH]1. The maximum Gasteiger partial charge on any atom is 0.198 e. The molecule has 1 heterocycles. The van der Waals surface area contributed by atoms with Gasteiger partial charge in [0, 0.05) is 5.88 Å². The van der Waals surface area contributed by atoms with E-state index in [1.54, 1.807) is 0 Å². The Morgan fingerprint density at radius 1 is 1.46 bits per heavy atom. The number of anilines is 1. The molecule has 2 aromatic rings. The fraction of sp³-hybridized carbons (Fsp3) is 0.222. The molecule has 13 heavy (non-hydrogen) atoms. The van der Waals surface area contributed by atoms with E-state index in [9.17, 15) is 0 Å². The Balaban J connectivity index is 2.60. The lowest BCUT2D eigenvalue weighted by molar-refractivity contribution is 1.16. The van der Waals surface area contributed by atoms with Crippen molar-refractivity contribution in [1.82, 2.24) is 9.97 Å². The monoisotopic (exact) mass is 195 g/mol. The number of hydrogen-bond acceptors (Lipinski definition) is 2. The lowest BCUT2D eigenvalue weighted by Crippen LogP contribution is -1.88. The van der Waals surface area contributed by atoms with Gasteiger partial charge in [0.25, 0.3) is 0 Å². The van der Waals surface area contributed by atoms with E-state index in [1.807, 2.05) is 18.2 Å². The van der Waals surface area contributed by atoms with Crippen LogP contribution in [0.25, 0.3) is 11.0 Å². The molecule has 0 spiro atoms. The molecule has 0 unspecified atom stereocenters. The van der Waals surface area contributed by atoms with Crippen LogP contribution in [0.2, 0.25) is 0 Å². The summed E-state index contributed by atoms with van der Waals surface area (Å²) in [4.78, 5) is 7.18. The molecule has 0 radical (unpaired) electrons. The molecule has 0 amide bonds. The summed E-state index contributed by atoms with van der Waals surface area (Å²) in [5, 5.41) is 0. The summed E-state index contributed by atoms with van der Waals surface area (Å²) in [7, 11) is 0. The summed E-state index contributed by atoms with van der Waals surface area (Å²) in [6.45, 7) is 0. The van der Waals surface area contributed by atoms with Crippen LogP contribution in [0.1, 0.15) is 5.56 Å². The summed E-state index contributed by atoms with van der Waals surface area (Å²) in [5.41, 5.74) is 8.60. The smallest absolute Gasteiger partial charge is 0.198 e. The zero-order chi connectivity index (χ0) is 9.26. The molecule has 0 aliphatic heterocycles. The maximum absolute atomic E-state index is 5.67. The quantitative estimate of drug-likeness (QED) is 0.720. The molecule has 0 aliphatic rings. The van der Waals surface area contributed by atoms with Crippen molar-refractivity contribution in [2.24, 2.45) is 0 Å². The molecule has 0 atom stereocenters. The lowest BCUT2D eigenvalue weighted by atomic mass is 10.1. The van der Waals surface area contributed by atoms with Crippen LogP contribution in [0.3, 0.4) is 0 Å². The number of imidazole rings is 1. The van der Waals surface area contributed by atoms with E-state index < -0.39 is 0 Å². The Bertz CT molecular complexity index is 422. The molecular formula is C9H10ClN3. The van der Waals surface area contributed by atoms with Crippen molar-refractivity contribution in [1.29, 1.82) is 0 Å². The standard InChI is InChI=1S/C9H10ClN3/c10-5-4-6-2-1-3-7-8(6)13-9(11)12-7/h1-3H,4-5H2,(H3,11,12,13). The van der Waals surface area contributed by atoms with Gasteiger partial charge in [0.2, 0.25) is 0 Å². The van der Waals surface area contributed by atoms with Crippen LogP contribution in [-0.2, 0) is 6.42 Å². The third-order valence-electron chi connectivity index (χ3n) is 1.98. The first-order chi connectivity index (χ1) is 6.31. The van der Waals surface area contributed by atoms with Crippen molar-refractivity contribution in [3.05, 3.63) is 23.8 Å². The number of benzene rings is 1. The molecule has 68 valence electrons. The summed E-state index contributed by atoms with van der Waals surface area (Å²) < 4.78 is 0. The maximum atomic E-state index is 5.67.